The third-order valence-electron chi connectivity index (χ3n) is 4.00. The number of methoxy groups -OCH3 is 1. The van der Waals surface area contributed by atoms with Gasteiger partial charge in [-0.05, 0) is 31.4 Å². The van der Waals surface area contributed by atoms with E-state index in [0.717, 1.165) is 12.0 Å². The SMILES string of the molecule is CCc1sc(C(=O)N(CCOC)C2CCS(=O)(=O)C2)cc1C. The minimum Gasteiger partial charge on any atom is -0.383 e. The lowest BCUT2D eigenvalue weighted by atomic mass is 10.2. The van der Waals surface area contributed by atoms with Crippen molar-refractivity contribution in [3.05, 3.63) is 21.4 Å². The summed E-state index contributed by atoms with van der Waals surface area (Å²) in [5, 5.41) is 0. The summed E-state index contributed by atoms with van der Waals surface area (Å²) in [5.74, 6) is 0.151. The maximum absolute atomic E-state index is 12.8. The van der Waals surface area contributed by atoms with Gasteiger partial charge in [-0.25, -0.2) is 8.42 Å². The zero-order chi connectivity index (χ0) is 16.3. The molecule has 0 radical (unpaired) electrons. The Morgan fingerprint density at radius 3 is 2.73 bits per heavy atom. The molecule has 1 aromatic heterocycles. The van der Waals surface area contributed by atoms with Crippen molar-refractivity contribution in [1.29, 1.82) is 0 Å². The van der Waals surface area contributed by atoms with Crippen LogP contribution in [0.3, 0.4) is 0 Å². The van der Waals surface area contributed by atoms with Gasteiger partial charge in [-0.2, -0.15) is 0 Å². The van der Waals surface area contributed by atoms with Crippen molar-refractivity contribution in [1.82, 2.24) is 4.90 Å². The van der Waals surface area contributed by atoms with Crippen LogP contribution < -0.4 is 0 Å². The number of carbonyl (C=O) groups is 1. The molecule has 1 aromatic rings. The molecule has 2 heterocycles. The van der Waals surface area contributed by atoms with Crippen molar-refractivity contribution < 1.29 is 17.9 Å². The molecule has 124 valence electrons. The Bertz CT molecular complexity index is 636. The fourth-order valence-electron chi connectivity index (χ4n) is 2.78. The highest BCUT2D eigenvalue weighted by atomic mass is 32.2. The number of hydrogen-bond acceptors (Lipinski definition) is 5. The van der Waals surface area contributed by atoms with Gasteiger partial charge >= 0.3 is 0 Å². The second-order valence-electron chi connectivity index (χ2n) is 5.62. The van der Waals surface area contributed by atoms with Crippen LogP contribution in [0.2, 0.25) is 0 Å². The van der Waals surface area contributed by atoms with Gasteiger partial charge in [0.25, 0.3) is 5.91 Å². The topological polar surface area (TPSA) is 63.7 Å². The van der Waals surface area contributed by atoms with Gasteiger partial charge in [-0.1, -0.05) is 6.92 Å². The molecule has 0 N–H and O–H groups in total. The zero-order valence-electron chi connectivity index (χ0n) is 13.3. The second kappa shape index (κ2) is 7.10. The average Bonchev–Trinajstić information content (AvgIpc) is 3.01. The van der Waals surface area contributed by atoms with Gasteiger partial charge in [0.15, 0.2) is 9.84 Å². The highest BCUT2D eigenvalue weighted by molar-refractivity contribution is 7.91. The van der Waals surface area contributed by atoms with Crippen LogP contribution >= 0.6 is 11.3 Å². The Labute approximate surface area is 136 Å². The minimum absolute atomic E-state index is 0.0629. The summed E-state index contributed by atoms with van der Waals surface area (Å²) >= 11 is 1.51. The summed E-state index contributed by atoms with van der Waals surface area (Å²) in [6.07, 6.45) is 1.42. The van der Waals surface area contributed by atoms with E-state index >= 15 is 0 Å². The van der Waals surface area contributed by atoms with E-state index < -0.39 is 9.84 Å². The van der Waals surface area contributed by atoms with Gasteiger partial charge < -0.3 is 9.64 Å². The molecule has 0 bridgehead atoms. The monoisotopic (exact) mass is 345 g/mol. The van der Waals surface area contributed by atoms with Crippen molar-refractivity contribution in [3.63, 3.8) is 0 Å². The van der Waals surface area contributed by atoms with Gasteiger partial charge in [0.2, 0.25) is 0 Å². The van der Waals surface area contributed by atoms with E-state index in [2.05, 4.69) is 6.92 Å². The summed E-state index contributed by atoms with van der Waals surface area (Å²) in [6.45, 7) is 4.91. The summed E-state index contributed by atoms with van der Waals surface area (Å²) in [5.41, 5.74) is 1.13. The maximum Gasteiger partial charge on any atom is 0.264 e. The predicted molar refractivity (Wildman–Crippen MR) is 88.4 cm³/mol. The number of aryl methyl sites for hydroxylation is 2. The first-order chi connectivity index (χ1) is 10.4. The fraction of sp³-hybridized carbons (Fsp3) is 0.667. The first-order valence-electron chi connectivity index (χ1n) is 7.47. The molecule has 1 aliphatic rings. The maximum atomic E-state index is 12.8. The normalized spacial score (nSPS) is 20.2. The Hall–Kier alpha value is -0.920. The Kier molecular flexibility index (Phi) is 5.63. The smallest absolute Gasteiger partial charge is 0.264 e. The van der Waals surface area contributed by atoms with Crippen molar-refractivity contribution in [2.75, 3.05) is 31.8 Å². The summed E-state index contributed by atoms with van der Waals surface area (Å²) in [6, 6.07) is 1.68. The zero-order valence-corrected chi connectivity index (χ0v) is 14.9. The standard InChI is InChI=1S/C15H23NO4S2/c1-4-13-11(2)9-14(21-13)15(17)16(6-7-20-3)12-5-8-22(18,19)10-12/h9,12H,4-8,10H2,1-3H3. The number of carbonyl (C=O) groups excluding carboxylic acids is 1. The molecule has 0 aliphatic carbocycles. The van der Waals surface area contributed by atoms with Crippen LogP contribution in [-0.2, 0) is 21.0 Å². The van der Waals surface area contributed by atoms with Gasteiger partial charge in [0.05, 0.1) is 23.0 Å². The van der Waals surface area contributed by atoms with Gasteiger partial charge in [0.1, 0.15) is 0 Å². The fourth-order valence-corrected chi connectivity index (χ4v) is 5.58. The van der Waals surface area contributed by atoms with E-state index in [9.17, 15) is 13.2 Å². The molecule has 1 saturated heterocycles. The molecule has 0 aromatic carbocycles. The van der Waals surface area contributed by atoms with E-state index in [1.54, 1.807) is 12.0 Å². The van der Waals surface area contributed by atoms with E-state index in [0.29, 0.717) is 24.4 Å². The lowest BCUT2D eigenvalue weighted by Gasteiger charge is -2.27. The molecular weight excluding hydrogens is 322 g/mol. The molecule has 1 unspecified atom stereocenters. The lowest BCUT2D eigenvalue weighted by molar-refractivity contribution is 0.0629. The molecule has 7 heteroatoms. The predicted octanol–water partition coefficient (Wildman–Crippen LogP) is 1.89. The summed E-state index contributed by atoms with van der Waals surface area (Å²) < 4.78 is 28.5. The highest BCUT2D eigenvalue weighted by Gasteiger charge is 2.35. The van der Waals surface area contributed by atoms with Gasteiger partial charge in [0, 0.05) is 24.6 Å². The van der Waals surface area contributed by atoms with E-state index in [4.69, 9.17) is 4.74 Å². The number of nitrogens with zero attached hydrogens (tertiary/aromatic N) is 1. The molecule has 1 atom stereocenters. The van der Waals surface area contributed by atoms with Crippen LogP contribution in [0.15, 0.2) is 6.07 Å². The number of hydrogen-bond donors (Lipinski definition) is 0. The summed E-state index contributed by atoms with van der Waals surface area (Å²) in [7, 11) is -1.44. The van der Waals surface area contributed by atoms with Crippen LogP contribution in [0.4, 0.5) is 0 Å². The van der Waals surface area contributed by atoms with E-state index in [-0.39, 0.29) is 23.5 Å². The Balaban J connectivity index is 2.22. The molecule has 1 amide bonds. The number of thiophene rings is 1. The number of amides is 1. The van der Waals surface area contributed by atoms with Crippen LogP contribution in [0.25, 0.3) is 0 Å². The minimum atomic E-state index is -3.02. The van der Waals surface area contributed by atoms with Gasteiger partial charge in [-0.3, -0.25) is 4.79 Å². The third kappa shape index (κ3) is 3.88. The van der Waals surface area contributed by atoms with Gasteiger partial charge in [-0.15, -0.1) is 11.3 Å². The van der Waals surface area contributed by atoms with Crippen molar-refractivity contribution >= 4 is 27.1 Å². The lowest BCUT2D eigenvalue weighted by Crippen LogP contribution is -2.42. The highest BCUT2D eigenvalue weighted by Crippen LogP contribution is 2.26. The molecule has 1 fully saturated rings. The quantitative estimate of drug-likeness (QED) is 0.790. The Morgan fingerprint density at radius 1 is 1.50 bits per heavy atom. The van der Waals surface area contributed by atoms with Crippen LogP contribution in [0, 0.1) is 6.92 Å². The van der Waals surface area contributed by atoms with Crippen LogP contribution in [0.1, 0.15) is 33.5 Å². The van der Waals surface area contributed by atoms with E-state index in [1.807, 2.05) is 13.0 Å². The molecule has 2 rings (SSSR count). The molecular formula is C15H23NO4S2. The largest absolute Gasteiger partial charge is 0.383 e. The number of ether oxygens (including phenoxy) is 1. The average molecular weight is 345 g/mol. The van der Waals surface area contributed by atoms with Crippen LogP contribution in [-0.4, -0.2) is 57.0 Å². The number of sulfone groups is 1. The van der Waals surface area contributed by atoms with Crippen LogP contribution in [0.5, 0.6) is 0 Å². The molecule has 22 heavy (non-hydrogen) atoms. The third-order valence-corrected chi connectivity index (χ3v) is 7.12. The molecule has 0 saturated carbocycles. The summed E-state index contributed by atoms with van der Waals surface area (Å²) in [4.78, 5) is 16.4. The van der Waals surface area contributed by atoms with Crippen molar-refractivity contribution in [3.8, 4) is 0 Å². The number of rotatable bonds is 6. The van der Waals surface area contributed by atoms with Crippen molar-refractivity contribution in [2.24, 2.45) is 0 Å². The van der Waals surface area contributed by atoms with E-state index in [1.165, 1.54) is 16.2 Å². The molecule has 5 nitrogen and oxygen atoms in total. The Morgan fingerprint density at radius 2 is 2.23 bits per heavy atom. The van der Waals surface area contributed by atoms with Crippen molar-refractivity contribution in [2.45, 2.75) is 32.7 Å². The first-order valence-corrected chi connectivity index (χ1v) is 10.1. The molecule has 1 aliphatic heterocycles. The first kappa shape index (κ1) is 17.4. The second-order valence-corrected chi connectivity index (χ2v) is 8.98. The molecule has 0 spiro atoms.